The van der Waals surface area contributed by atoms with E-state index in [1.54, 1.807) is 25.1 Å². The Morgan fingerprint density at radius 1 is 0.750 bits per heavy atom. The van der Waals surface area contributed by atoms with Gasteiger partial charge in [-0.15, -0.1) is 0 Å². The van der Waals surface area contributed by atoms with Crippen molar-refractivity contribution >= 4 is 35.7 Å². The zero-order chi connectivity index (χ0) is 40.5. The Hall–Kier alpha value is -6.20. The van der Waals surface area contributed by atoms with Gasteiger partial charge in [-0.2, -0.15) is 0 Å². The molecule has 2 atom stereocenters. The van der Waals surface area contributed by atoms with Crippen LogP contribution < -0.4 is 53.8 Å². The SMILES string of the molecule is CCC(=O)NCCNC(=O)NC(N)=NCCC[C@@H](NC(=O)C(c1ccccc1)c1cccc(OCCOCCN)c1)C(=O)NCc1ccc(CNC(N)=O)cc1. The van der Waals surface area contributed by atoms with Crippen LogP contribution in [0.4, 0.5) is 9.59 Å². The molecule has 0 fully saturated rings. The Bertz CT molecular complexity index is 1720. The maximum Gasteiger partial charge on any atom is 0.321 e. The second-order valence-corrected chi connectivity index (χ2v) is 12.5. The van der Waals surface area contributed by atoms with Crippen molar-refractivity contribution < 1.29 is 33.4 Å². The summed E-state index contributed by atoms with van der Waals surface area (Å²) in [5.41, 5.74) is 19.6. The van der Waals surface area contributed by atoms with Gasteiger partial charge >= 0.3 is 12.1 Å². The van der Waals surface area contributed by atoms with Gasteiger partial charge in [-0.1, -0.05) is 73.7 Å². The number of carbonyl (C=O) groups excluding carboxylic acids is 5. The molecule has 0 aliphatic carbocycles. The minimum absolute atomic E-state index is 0.128. The molecule has 56 heavy (non-hydrogen) atoms. The van der Waals surface area contributed by atoms with Gasteiger partial charge in [-0.25, -0.2) is 9.59 Å². The molecule has 0 bridgehead atoms. The van der Waals surface area contributed by atoms with E-state index in [4.69, 9.17) is 26.7 Å². The first-order valence-electron chi connectivity index (χ1n) is 18.5. The average molecular weight is 775 g/mol. The number of amides is 7. The Morgan fingerprint density at radius 2 is 1.43 bits per heavy atom. The van der Waals surface area contributed by atoms with Crippen LogP contribution in [0.2, 0.25) is 0 Å². The summed E-state index contributed by atoms with van der Waals surface area (Å²) in [5, 5.41) is 16.1. The van der Waals surface area contributed by atoms with E-state index in [9.17, 15) is 24.0 Å². The molecule has 0 heterocycles. The summed E-state index contributed by atoms with van der Waals surface area (Å²) in [7, 11) is 0. The van der Waals surface area contributed by atoms with E-state index in [2.05, 4.69) is 36.9 Å². The van der Waals surface area contributed by atoms with Gasteiger partial charge in [-0.05, 0) is 47.2 Å². The number of carbonyl (C=O) groups is 5. The van der Waals surface area contributed by atoms with Crippen LogP contribution in [0.25, 0.3) is 0 Å². The van der Waals surface area contributed by atoms with Crippen molar-refractivity contribution in [3.8, 4) is 5.75 Å². The summed E-state index contributed by atoms with van der Waals surface area (Å²) in [5.74, 6) is -1.29. The monoisotopic (exact) mass is 774 g/mol. The summed E-state index contributed by atoms with van der Waals surface area (Å²) in [6.45, 7) is 4.27. The molecule has 0 radical (unpaired) electrons. The van der Waals surface area contributed by atoms with E-state index in [1.165, 1.54) is 0 Å². The molecule has 0 aliphatic rings. The van der Waals surface area contributed by atoms with Gasteiger partial charge in [0.1, 0.15) is 18.4 Å². The number of ether oxygens (including phenoxy) is 2. The van der Waals surface area contributed by atoms with Crippen LogP contribution in [0.5, 0.6) is 5.75 Å². The van der Waals surface area contributed by atoms with Crippen molar-refractivity contribution in [2.45, 2.75) is 51.2 Å². The molecule has 17 heteroatoms. The molecule has 3 rings (SSSR count). The van der Waals surface area contributed by atoms with E-state index >= 15 is 0 Å². The lowest BCUT2D eigenvalue weighted by molar-refractivity contribution is -0.129. The van der Waals surface area contributed by atoms with Crippen LogP contribution in [-0.4, -0.2) is 87.8 Å². The first-order valence-corrected chi connectivity index (χ1v) is 18.5. The van der Waals surface area contributed by atoms with E-state index in [-0.39, 0.29) is 51.0 Å². The summed E-state index contributed by atoms with van der Waals surface area (Å²) in [6, 6.07) is 21.5. The molecule has 7 amide bonds. The van der Waals surface area contributed by atoms with Gasteiger partial charge in [0, 0.05) is 45.7 Å². The third-order valence-electron chi connectivity index (χ3n) is 8.16. The Kier molecular flexibility index (Phi) is 19.7. The molecular weight excluding hydrogens is 720 g/mol. The van der Waals surface area contributed by atoms with Gasteiger partial charge in [0.15, 0.2) is 5.96 Å². The van der Waals surface area contributed by atoms with E-state index in [1.807, 2.05) is 60.7 Å². The highest BCUT2D eigenvalue weighted by atomic mass is 16.5. The molecule has 0 saturated carbocycles. The molecule has 0 aliphatic heterocycles. The molecular formula is C39H54N10O7. The molecule has 0 spiro atoms. The average Bonchev–Trinajstić information content (AvgIpc) is 3.19. The van der Waals surface area contributed by atoms with Gasteiger partial charge < -0.3 is 53.3 Å². The number of primary amides is 1. The predicted molar refractivity (Wildman–Crippen MR) is 212 cm³/mol. The van der Waals surface area contributed by atoms with Gasteiger partial charge in [0.2, 0.25) is 17.7 Å². The highest BCUT2D eigenvalue weighted by Gasteiger charge is 2.28. The molecule has 1 unspecified atom stereocenters. The fourth-order valence-corrected chi connectivity index (χ4v) is 5.33. The maximum absolute atomic E-state index is 14.2. The van der Waals surface area contributed by atoms with Gasteiger partial charge in [0.05, 0.1) is 19.1 Å². The third-order valence-corrected chi connectivity index (χ3v) is 8.16. The molecule has 3 aromatic rings. The molecule has 17 nitrogen and oxygen atoms in total. The van der Waals surface area contributed by atoms with Crippen LogP contribution in [0, 0.1) is 0 Å². The van der Waals surface area contributed by atoms with Gasteiger partial charge in [-0.3, -0.25) is 24.7 Å². The highest BCUT2D eigenvalue weighted by molar-refractivity contribution is 5.95. The summed E-state index contributed by atoms with van der Waals surface area (Å²) < 4.78 is 11.3. The normalized spacial score (nSPS) is 12.1. The maximum atomic E-state index is 14.2. The topological polar surface area (TPSA) is 266 Å². The van der Waals surface area contributed by atoms with Crippen LogP contribution in [0.1, 0.15) is 54.4 Å². The van der Waals surface area contributed by atoms with E-state index in [0.29, 0.717) is 56.1 Å². The lowest BCUT2D eigenvalue weighted by Gasteiger charge is -2.23. The van der Waals surface area contributed by atoms with E-state index < -0.39 is 35.8 Å². The number of hydrogen-bond acceptors (Lipinski definition) is 9. The Labute approximate surface area is 326 Å². The molecule has 3 aromatic carbocycles. The largest absolute Gasteiger partial charge is 0.491 e. The van der Waals surface area contributed by atoms with Crippen molar-refractivity contribution in [3.05, 3.63) is 101 Å². The molecule has 302 valence electrons. The van der Waals surface area contributed by atoms with Crippen molar-refractivity contribution in [1.29, 1.82) is 0 Å². The van der Waals surface area contributed by atoms with Crippen molar-refractivity contribution in [2.75, 3.05) is 46.0 Å². The fraction of sp³-hybridized carbons (Fsp3) is 0.385. The number of hydrogen-bond donors (Lipinski definition) is 9. The number of nitrogens with two attached hydrogens (primary N) is 3. The minimum Gasteiger partial charge on any atom is -0.491 e. The predicted octanol–water partition coefficient (Wildman–Crippen LogP) is 1.06. The number of urea groups is 2. The van der Waals surface area contributed by atoms with Crippen LogP contribution in [0.15, 0.2) is 83.9 Å². The van der Waals surface area contributed by atoms with Crippen LogP contribution in [-0.2, 0) is 32.2 Å². The number of rotatable bonds is 23. The quantitative estimate of drug-likeness (QED) is 0.0378. The van der Waals surface area contributed by atoms with Crippen molar-refractivity contribution in [2.24, 2.45) is 22.2 Å². The summed E-state index contributed by atoms with van der Waals surface area (Å²) >= 11 is 0. The van der Waals surface area contributed by atoms with E-state index in [0.717, 1.165) is 11.1 Å². The first-order chi connectivity index (χ1) is 27.1. The number of benzene rings is 3. The van der Waals surface area contributed by atoms with Crippen LogP contribution in [0.3, 0.4) is 0 Å². The van der Waals surface area contributed by atoms with Gasteiger partial charge in [0.25, 0.3) is 0 Å². The molecule has 0 saturated heterocycles. The standard InChI is InChI=1S/C39H54N10O7/c1-2-33(50)43-19-20-45-39(54)49-37(41)44-18-7-12-32(35(51)46-25-27-13-15-28(16-14-27)26-47-38(42)53)48-36(52)34(29-8-4-3-5-9-29)30-10-6-11-31(24-30)56-23-22-55-21-17-40/h3-6,8-11,13-16,24,32,34H,2,7,12,17-23,25-26,40H2,1H3,(H,43,50)(H,46,51)(H,48,52)(H3,42,47,53)(H4,41,44,45,49,54)/t32-,34?/m1/s1. The number of nitrogens with zero attached hydrogens (tertiary/aromatic N) is 1. The Morgan fingerprint density at radius 3 is 2.11 bits per heavy atom. The number of guanidine groups is 1. The van der Waals surface area contributed by atoms with Crippen molar-refractivity contribution in [3.63, 3.8) is 0 Å². The minimum atomic E-state index is -0.960. The lowest BCUT2D eigenvalue weighted by Crippen LogP contribution is -2.48. The second-order valence-electron chi connectivity index (χ2n) is 12.5. The Balaban J connectivity index is 1.73. The van der Waals surface area contributed by atoms with Crippen molar-refractivity contribution in [1.82, 2.24) is 31.9 Å². The highest BCUT2D eigenvalue weighted by Crippen LogP contribution is 2.28. The lowest BCUT2D eigenvalue weighted by atomic mass is 9.90. The zero-order valence-corrected chi connectivity index (χ0v) is 31.7. The van der Waals surface area contributed by atoms with Crippen LogP contribution >= 0.6 is 0 Å². The summed E-state index contributed by atoms with van der Waals surface area (Å²) in [6.07, 6.45) is 0.871. The molecule has 0 aromatic heterocycles. The number of nitrogens with one attached hydrogen (secondary N) is 6. The molecule has 12 N–H and O–H groups in total. The second kappa shape index (κ2) is 25.0. The zero-order valence-electron chi connectivity index (χ0n) is 31.7. The third kappa shape index (κ3) is 16.9. The number of aliphatic imine (C=N–C) groups is 1. The fourth-order valence-electron chi connectivity index (χ4n) is 5.33. The summed E-state index contributed by atoms with van der Waals surface area (Å²) in [4.78, 5) is 66.7. The smallest absolute Gasteiger partial charge is 0.321 e. The first kappa shape index (κ1) is 44.2.